The number of amides is 3. The van der Waals surface area contributed by atoms with E-state index in [2.05, 4.69) is 32.6 Å². The van der Waals surface area contributed by atoms with Crippen molar-refractivity contribution < 1.29 is 19.1 Å². The highest BCUT2D eigenvalue weighted by atomic mass is 79.9. The van der Waals surface area contributed by atoms with E-state index in [4.69, 9.17) is 4.74 Å². The molecule has 4 aromatic carbocycles. The Morgan fingerprint density at radius 1 is 1.00 bits per heavy atom. The Labute approximate surface area is 268 Å². The summed E-state index contributed by atoms with van der Waals surface area (Å²) in [6, 6.07) is 22.9. The number of halogens is 1. The van der Waals surface area contributed by atoms with Gasteiger partial charge < -0.3 is 25.2 Å². The Kier molecular flexibility index (Phi) is 9.14. The van der Waals surface area contributed by atoms with Gasteiger partial charge in [-0.2, -0.15) is 10.5 Å². The van der Waals surface area contributed by atoms with Crippen LogP contribution in [0.2, 0.25) is 0 Å². The van der Waals surface area contributed by atoms with E-state index in [0.29, 0.717) is 22.7 Å². The molecule has 2 N–H and O–H groups in total. The lowest BCUT2D eigenvalue weighted by Gasteiger charge is -2.27. The number of fused-ring (bicyclic) bond motifs is 2. The topological polar surface area (TPSA) is 139 Å². The first-order valence-electron chi connectivity index (χ1n) is 14.1. The highest BCUT2D eigenvalue weighted by Gasteiger charge is 2.38. The minimum Gasteiger partial charge on any atom is -0.496 e. The zero-order valence-electron chi connectivity index (χ0n) is 24.8. The summed E-state index contributed by atoms with van der Waals surface area (Å²) in [4.78, 5) is 44.7. The number of nitrogens with one attached hydrogen (secondary N) is 2. The summed E-state index contributed by atoms with van der Waals surface area (Å²) in [5, 5.41) is 26.5. The van der Waals surface area contributed by atoms with E-state index in [1.807, 2.05) is 36.4 Å². The molecule has 1 aliphatic heterocycles. The second-order valence-electron chi connectivity index (χ2n) is 10.5. The van der Waals surface area contributed by atoms with Crippen LogP contribution in [0.3, 0.4) is 0 Å². The number of carbonyl (C=O) groups excluding carboxylic acids is 3. The van der Waals surface area contributed by atoms with Crippen molar-refractivity contribution in [3.05, 3.63) is 99.5 Å². The molecule has 11 heteroatoms. The van der Waals surface area contributed by atoms with Gasteiger partial charge in [0.05, 0.1) is 60.9 Å². The summed E-state index contributed by atoms with van der Waals surface area (Å²) < 4.78 is 6.61. The van der Waals surface area contributed by atoms with Crippen molar-refractivity contribution in [2.24, 2.45) is 0 Å². The highest BCUT2D eigenvalue weighted by molar-refractivity contribution is 9.10. The molecule has 0 bridgehead atoms. The van der Waals surface area contributed by atoms with Gasteiger partial charge in [-0.25, -0.2) is 0 Å². The predicted molar refractivity (Wildman–Crippen MR) is 174 cm³/mol. The second kappa shape index (κ2) is 13.2. The van der Waals surface area contributed by atoms with Crippen molar-refractivity contribution in [2.45, 2.75) is 25.6 Å². The van der Waals surface area contributed by atoms with Gasteiger partial charge in [-0.05, 0) is 85.4 Å². The lowest BCUT2D eigenvalue weighted by Crippen LogP contribution is -2.55. The minimum absolute atomic E-state index is 0.0432. The first-order valence-corrected chi connectivity index (χ1v) is 14.9. The van der Waals surface area contributed by atoms with Crippen LogP contribution in [-0.2, 0) is 16.1 Å². The molecule has 1 aliphatic rings. The predicted octanol–water partition coefficient (Wildman–Crippen LogP) is 4.64. The van der Waals surface area contributed by atoms with Crippen LogP contribution < -0.4 is 25.2 Å². The lowest BCUT2D eigenvalue weighted by molar-refractivity contribution is -0.128. The third-order valence-electron chi connectivity index (χ3n) is 7.88. The number of hydrogen-bond donors (Lipinski definition) is 2. The Bertz CT molecular complexity index is 1900. The fourth-order valence-electron chi connectivity index (χ4n) is 5.31. The number of rotatable bonds is 7. The Morgan fingerprint density at radius 3 is 2.38 bits per heavy atom. The number of anilines is 2. The molecule has 1 heterocycles. The molecule has 5 rings (SSSR count). The fraction of sp³-hybridized carbons (Fsp3) is 0.206. The van der Waals surface area contributed by atoms with Gasteiger partial charge in [-0.1, -0.05) is 28.1 Å². The molecule has 0 radical (unpaired) electrons. The molecule has 45 heavy (non-hydrogen) atoms. The Morgan fingerprint density at radius 2 is 1.71 bits per heavy atom. The second-order valence-corrected chi connectivity index (χ2v) is 11.4. The van der Waals surface area contributed by atoms with Crippen LogP contribution in [0.5, 0.6) is 5.75 Å². The number of nitrogens with zero attached hydrogens (tertiary/aromatic N) is 4. The molecule has 2 atom stereocenters. The van der Waals surface area contributed by atoms with Crippen LogP contribution >= 0.6 is 15.9 Å². The summed E-state index contributed by atoms with van der Waals surface area (Å²) >= 11 is 3.61. The SMILES string of the molecule is CNC(C)C(=O)NC1CN(C(=O)c2ccc(C#N)cc2)c2cc(C#N)ccc2N(Cc2c(OC)ccc3c(Br)cccc23)C1=O. The molecule has 0 fully saturated rings. The van der Waals surface area contributed by atoms with Crippen molar-refractivity contribution in [1.29, 1.82) is 10.5 Å². The number of methoxy groups -OCH3 is 1. The smallest absolute Gasteiger partial charge is 0.258 e. The van der Waals surface area contributed by atoms with E-state index in [-0.39, 0.29) is 24.2 Å². The minimum atomic E-state index is -1.14. The summed E-state index contributed by atoms with van der Waals surface area (Å²) in [5.41, 5.74) is 2.39. The normalized spacial score (nSPS) is 15.0. The summed E-state index contributed by atoms with van der Waals surface area (Å²) in [5.74, 6) is -0.764. The largest absolute Gasteiger partial charge is 0.496 e. The van der Waals surface area contributed by atoms with Crippen molar-refractivity contribution in [3.8, 4) is 17.9 Å². The van der Waals surface area contributed by atoms with Gasteiger partial charge >= 0.3 is 0 Å². The maximum absolute atomic E-state index is 14.5. The molecule has 0 spiro atoms. The maximum atomic E-state index is 14.5. The van der Waals surface area contributed by atoms with Crippen LogP contribution in [0.25, 0.3) is 10.8 Å². The van der Waals surface area contributed by atoms with Crippen LogP contribution in [-0.4, -0.2) is 50.5 Å². The van der Waals surface area contributed by atoms with Gasteiger partial charge in [0, 0.05) is 15.6 Å². The first kappa shape index (κ1) is 31.2. The van der Waals surface area contributed by atoms with Crippen LogP contribution in [0.1, 0.15) is 34.0 Å². The summed E-state index contributed by atoms with van der Waals surface area (Å²) in [6.45, 7) is 1.51. The number of ether oxygens (including phenoxy) is 1. The van der Waals surface area contributed by atoms with Gasteiger partial charge in [-0.15, -0.1) is 0 Å². The number of benzene rings is 4. The molecule has 0 saturated carbocycles. The Balaban J connectivity index is 1.70. The molecule has 2 unspecified atom stereocenters. The van der Waals surface area contributed by atoms with Crippen molar-refractivity contribution in [3.63, 3.8) is 0 Å². The Hall–Kier alpha value is -5.23. The molecule has 3 amide bonds. The van der Waals surface area contributed by atoms with Gasteiger partial charge in [0.1, 0.15) is 11.8 Å². The number of likely N-dealkylation sites (N-methyl/N-ethyl adjacent to an activating group) is 1. The molecule has 0 aromatic heterocycles. The molecule has 0 saturated heterocycles. The molecule has 226 valence electrons. The van der Waals surface area contributed by atoms with Gasteiger partial charge in [0.15, 0.2) is 0 Å². The average Bonchev–Trinajstić information content (AvgIpc) is 3.18. The first-order chi connectivity index (χ1) is 21.7. The van der Waals surface area contributed by atoms with Gasteiger partial charge in [-0.3, -0.25) is 14.4 Å². The molecule has 4 aromatic rings. The summed E-state index contributed by atoms with van der Waals surface area (Å²) in [6.07, 6.45) is 0. The van der Waals surface area contributed by atoms with Gasteiger partial charge in [0.2, 0.25) is 5.91 Å². The van der Waals surface area contributed by atoms with Crippen molar-refractivity contribution in [2.75, 3.05) is 30.5 Å². The quantitative estimate of drug-likeness (QED) is 0.293. The van der Waals surface area contributed by atoms with E-state index < -0.39 is 29.8 Å². The molecular weight excluding hydrogens is 636 g/mol. The highest BCUT2D eigenvalue weighted by Crippen LogP contribution is 2.39. The molecule has 10 nitrogen and oxygen atoms in total. The standard InChI is InChI=1S/C34H29BrN6O4/c1-20(38-2)32(42)39-28-19-41(33(43)23-10-7-21(16-36)8-11-23)30-15-22(17-37)9-13-29(30)40(34(28)44)18-26-24-5-4-6-27(35)25(24)12-14-31(26)45-3/h4-15,20,28,38H,18-19H2,1-3H3,(H,39,42). The van der Waals surface area contributed by atoms with Gasteiger partial charge in [0.25, 0.3) is 11.8 Å². The molecular formula is C34H29BrN6O4. The van der Waals surface area contributed by atoms with E-state index in [1.54, 1.807) is 39.3 Å². The van der Waals surface area contributed by atoms with E-state index >= 15 is 0 Å². The van der Waals surface area contributed by atoms with Crippen molar-refractivity contribution >= 4 is 55.8 Å². The van der Waals surface area contributed by atoms with Crippen molar-refractivity contribution in [1.82, 2.24) is 10.6 Å². The third kappa shape index (κ3) is 6.09. The monoisotopic (exact) mass is 664 g/mol. The van der Waals surface area contributed by atoms with E-state index in [0.717, 1.165) is 20.8 Å². The van der Waals surface area contributed by atoms with Crippen LogP contribution in [0, 0.1) is 22.7 Å². The fourth-order valence-corrected chi connectivity index (χ4v) is 5.81. The zero-order chi connectivity index (χ0) is 32.2. The summed E-state index contributed by atoms with van der Waals surface area (Å²) in [7, 11) is 3.19. The van der Waals surface area contributed by atoms with E-state index in [1.165, 1.54) is 34.1 Å². The van der Waals surface area contributed by atoms with E-state index in [9.17, 15) is 24.9 Å². The maximum Gasteiger partial charge on any atom is 0.258 e. The zero-order valence-corrected chi connectivity index (χ0v) is 26.4. The van der Waals surface area contributed by atoms with Crippen LogP contribution in [0.15, 0.2) is 77.3 Å². The average molecular weight is 666 g/mol. The molecule has 0 aliphatic carbocycles. The number of hydrogen-bond acceptors (Lipinski definition) is 7. The third-order valence-corrected chi connectivity index (χ3v) is 8.57. The number of carbonyl (C=O) groups is 3. The number of nitriles is 2. The van der Waals surface area contributed by atoms with Crippen LogP contribution in [0.4, 0.5) is 11.4 Å². The lowest BCUT2D eigenvalue weighted by atomic mass is 10.0.